The van der Waals surface area contributed by atoms with Crippen LogP contribution in [0.4, 0.5) is 20.2 Å². The number of amides is 1. The predicted octanol–water partition coefficient (Wildman–Crippen LogP) is 5.56. The minimum Gasteiger partial charge on any atom is -0.371 e. The van der Waals surface area contributed by atoms with Crippen LogP contribution in [0.25, 0.3) is 5.70 Å². The molecule has 188 valence electrons. The molecule has 2 aromatic carbocycles. The molecule has 2 saturated heterocycles. The van der Waals surface area contributed by atoms with Crippen molar-refractivity contribution in [1.29, 1.82) is 10.7 Å². The number of likely N-dealkylation sites (tertiary alicyclic amines) is 1. The average molecular weight is 492 g/mol. The SMILES string of the molecule is CC1CCN(c2ccc(N/C(=C\C(=N)C(=O)N3CCCCC3)c3ccc(C#N)c(F)c3)c(F)c2)CC1. The number of piperidine rings is 2. The highest BCUT2D eigenvalue weighted by molar-refractivity contribution is 6.43. The molecule has 2 aliphatic heterocycles. The van der Waals surface area contributed by atoms with Crippen LogP contribution >= 0.6 is 0 Å². The second-order valence-corrected chi connectivity index (χ2v) is 9.59. The molecule has 8 heteroatoms. The molecule has 2 N–H and O–H groups in total. The van der Waals surface area contributed by atoms with Crippen molar-refractivity contribution in [3.63, 3.8) is 0 Å². The summed E-state index contributed by atoms with van der Waals surface area (Å²) < 4.78 is 29.6. The van der Waals surface area contributed by atoms with E-state index in [0.29, 0.717) is 24.6 Å². The van der Waals surface area contributed by atoms with Gasteiger partial charge in [-0.15, -0.1) is 0 Å². The number of nitrogens with one attached hydrogen (secondary N) is 2. The molecule has 2 heterocycles. The van der Waals surface area contributed by atoms with Crippen molar-refractivity contribution in [2.45, 2.75) is 39.0 Å². The first-order valence-corrected chi connectivity index (χ1v) is 12.5. The molecule has 0 unspecified atom stereocenters. The number of nitriles is 1. The normalized spacial score (nSPS) is 17.0. The zero-order valence-electron chi connectivity index (χ0n) is 20.5. The maximum atomic E-state index is 15.2. The molecule has 0 saturated carbocycles. The first kappa shape index (κ1) is 25.4. The van der Waals surface area contributed by atoms with E-state index < -0.39 is 17.5 Å². The quantitative estimate of drug-likeness (QED) is 0.519. The van der Waals surface area contributed by atoms with Crippen molar-refractivity contribution in [2.24, 2.45) is 5.92 Å². The molecular weight excluding hydrogens is 460 g/mol. The van der Waals surface area contributed by atoms with Gasteiger partial charge in [-0.2, -0.15) is 5.26 Å². The van der Waals surface area contributed by atoms with Crippen molar-refractivity contribution < 1.29 is 13.6 Å². The summed E-state index contributed by atoms with van der Waals surface area (Å²) in [6.45, 7) is 5.15. The van der Waals surface area contributed by atoms with Gasteiger partial charge >= 0.3 is 0 Å². The molecule has 0 radical (unpaired) electrons. The highest BCUT2D eigenvalue weighted by Gasteiger charge is 2.21. The zero-order chi connectivity index (χ0) is 25.7. The standard InChI is InChI=1S/C28H31F2N5O/c1-19-9-13-34(14-10-19)22-7-8-26(24(30)16-22)33-27(20-5-6-21(18-31)23(29)15-20)17-25(32)28(36)35-11-3-2-4-12-35/h5-8,15-17,19,32-33H,2-4,9-14H2,1H3/b27-17-,32-25?. The number of carbonyl (C=O) groups excluding carboxylic acids is 1. The molecule has 4 rings (SSSR count). The molecule has 6 nitrogen and oxygen atoms in total. The lowest BCUT2D eigenvalue weighted by Gasteiger charge is -2.32. The van der Waals surface area contributed by atoms with Gasteiger partial charge in [0.25, 0.3) is 5.91 Å². The van der Waals surface area contributed by atoms with Gasteiger partial charge in [-0.3, -0.25) is 10.2 Å². The predicted molar refractivity (Wildman–Crippen MR) is 138 cm³/mol. The van der Waals surface area contributed by atoms with Crippen LogP contribution in [-0.4, -0.2) is 42.7 Å². The van der Waals surface area contributed by atoms with Crippen molar-refractivity contribution in [3.05, 3.63) is 65.2 Å². The fourth-order valence-electron chi connectivity index (χ4n) is 4.65. The molecule has 0 bridgehead atoms. The Labute approximate surface area is 210 Å². The Morgan fingerprint density at radius 3 is 2.42 bits per heavy atom. The lowest BCUT2D eigenvalue weighted by atomic mass is 9.99. The highest BCUT2D eigenvalue weighted by atomic mass is 19.1. The smallest absolute Gasteiger partial charge is 0.271 e. The Bertz CT molecular complexity index is 1200. The number of nitrogens with zero attached hydrogens (tertiary/aromatic N) is 3. The van der Waals surface area contributed by atoms with Gasteiger partial charge in [0, 0.05) is 43.1 Å². The monoisotopic (exact) mass is 491 g/mol. The van der Waals surface area contributed by atoms with Gasteiger partial charge in [0.05, 0.1) is 11.3 Å². The van der Waals surface area contributed by atoms with Crippen LogP contribution in [-0.2, 0) is 4.79 Å². The molecule has 0 aromatic heterocycles. The summed E-state index contributed by atoms with van der Waals surface area (Å²) in [7, 11) is 0. The number of rotatable bonds is 6. The first-order chi connectivity index (χ1) is 17.4. The van der Waals surface area contributed by atoms with E-state index in [0.717, 1.165) is 56.9 Å². The number of benzene rings is 2. The molecule has 0 spiro atoms. The molecule has 36 heavy (non-hydrogen) atoms. The van der Waals surface area contributed by atoms with Gasteiger partial charge in [-0.05, 0) is 74.4 Å². The van der Waals surface area contributed by atoms with Crippen LogP contribution in [0.15, 0.2) is 42.5 Å². The van der Waals surface area contributed by atoms with Crippen LogP contribution in [0.5, 0.6) is 0 Å². The maximum Gasteiger partial charge on any atom is 0.271 e. The van der Waals surface area contributed by atoms with E-state index in [4.69, 9.17) is 10.7 Å². The summed E-state index contributed by atoms with van der Waals surface area (Å²) in [5.74, 6) is -0.972. The topological polar surface area (TPSA) is 83.2 Å². The summed E-state index contributed by atoms with van der Waals surface area (Å²) in [5.41, 5.74) is 1.06. The molecule has 0 aliphatic carbocycles. The molecule has 2 aromatic rings. The molecule has 1 amide bonds. The van der Waals surface area contributed by atoms with Crippen LogP contribution in [0.1, 0.15) is 50.2 Å². The van der Waals surface area contributed by atoms with E-state index in [1.807, 2.05) is 6.07 Å². The third-order valence-electron chi connectivity index (χ3n) is 6.93. The van der Waals surface area contributed by atoms with Gasteiger partial charge in [0.2, 0.25) is 0 Å². The fourth-order valence-corrected chi connectivity index (χ4v) is 4.65. The second kappa shape index (κ2) is 11.3. The Hall–Kier alpha value is -3.73. The van der Waals surface area contributed by atoms with Gasteiger partial charge in [-0.1, -0.05) is 13.0 Å². The Morgan fingerprint density at radius 2 is 1.78 bits per heavy atom. The number of hydrogen-bond donors (Lipinski definition) is 2. The second-order valence-electron chi connectivity index (χ2n) is 9.59. The van der Waals surface area contributed by atoms with Crippen LogP contribution in [0.3, 0.4) is 0 Å². The van der Waals surface area contributed by atoms with Crippen LogP contribution in [0, 0.1) is 34.3 Å². The third kappa shape index (κ3) is 5.91. The maximum absolute atomic E-state index is 15.2. The van der Waals surface area contributed by atoms with Gasteiger partial charge < -0.3 is 15.1 Å². The fraction of sp³-hybridized carbons (Fsp3) is 0.393. The van der Waals surface area contributed by atoms with Crippen molar-refractivity contribution in [1.82, 2.24) is 4.90 Å². The van der Waals surface area contributed by atoms with Crippen molar-refractivity contribution in [3.8, 4) is 6.07 Å². The number of halogens is 2. The summed E-state index contributed by atoms with van der Waals surface area (Å²) in [5, 5.41) is 20.4. The first-order valence-electron chi connectivity index (χ1n) is 12.5. The van der Waals surface area contributed by atoms with Crippen molar-refractivity contribution in [2.75, 3.05) is 36.4 Å². The highest BCUT2D eigenvalue weighted by Crippen LogP contribution is 2.29. The minimum atomic E-state index is -0.730. The van der Waals surface area contributed by atoms with E-state index in [9.17, 15) is 9.18 Å². The largest absolute Gasteiger partial charge is 0.371 e. The molecule has 2 aliphatic rings. The average Bonchev–Trinajstić information content (AvgIpc) is 2.89. The summed E-state index contributed by atoms with van der Waals surface area (Å²) >= 11 is 0. The summed E-state index contributed by atoms with van der Waals surface area (Å²) in [6.07, 6.45) is 6.26. The lowest BCUT2D eigenvalue weighted by molar-refractivity contribution is -0.124. The molecular formula is C28H31F2N5O. The minimum absolute atomic E-state index is 0.121. The third-order valence-corrected chi connectivity index (χ3v) is 6.93. The van der Waals surface area contributed by atoms with Gasteiger partial charge in [0.1, 0.15) is 23.4 Å². The Morgan fingerprint density at radius 1 is 1.06 bits per heavy atom. The number of anilines is 2. The molecule has 2 fully saturated rings. The van der Waals surface area contributed by atoms with Gasteiger partial charge in [0.15, 0.2) is 0 Å². The van der Waals surface area contributed by atoms with E-state index in [2.05, 4.69) is 17.1 Å². The van der Waals surface area contributed by atoms with Crippen LogP contribution in [0.2, 0.25) is 0 Å². The molecule has 0 atom stereocenters. The Balaban J connectivity index is 1.62. The van der Waals surface area contributed by atoms with Crippen LogP contribution < -0.4 is 10.2 Å². The van der Waals surface area contributed by atoms with E-state index in [1.54, 1.807) is 17.0 Å². The Kier molecular flexibility index (Phi) is 7.99. The number of hydrogen-bond acceptors (Lipinski definition) is 5. The van der Waals surface area contributed by atoms with E-state index >= 15 is 4.39 Å². The van der Waals surface area contributed by atoms with Crippen molar-refractivity contribution >= 4 is 28.7 Å². The lowest BCUT2D eigenvalue weighted by Crippen LogP contribution is -2.39. The van der Waals surface area contributed by atoms with Gasteiger partial charge in [-0.25, -0.2) is 8.78 Å². The summed E-state index contributed by atoms with van der Waals surface area (Å²) in [6, 6.07) is 10.7. The summed E-state index contributed by atoms with van der Waals surface area (Å²) in [4.78, 5) is 16.6. The zero-order valence-corrected chi connectivity index (χ0v) is 20.5. The van der Waals surface area contributed by atoms with E-state index in [1.165, 1.54) is 24.3 Å². The van der Waals surface area contributed by atoms with E-state index in [-0.39, 0.29) is 22.7 Å². The number of carbonyl (C=O) groups is 1.